The minimum atomic E-state index is -0.440. The van der Waals surface area contributed by atoms with Crippen LogP contribution in [0.3, 0.4) is 0 Å². The summed E-state index contributed by atoms with van der Waals surface area (Å²) in [5.74, 6) is -1.09. The third kappa shape index (κ3) is 4.87. The van der Waals surface area contributed by atoms with E-state index in [0.29, 0.717) is 16.3 Å². The first-order valence-corrected chi connectivity index (χ1v) is 9.85. The second kappa shape index (κ2) is 8.83. The van der Waals surface area contributed by atoms with Gasteiger partial charge in [-0.15, -0.1) is 16.4 Å². The Hall–Kier alpha value is -3.59. The highest BCUT2D eigenvalue weighted by Gasteiger charge is 2.19. The summed E-state index contributed by atoms with van der Waals surface area (Å²) in [7, 11) is 0. The lowest BCUT2D eigenvalue weighted by Crippen LogP contribution is -2.12. The molecule has 30 heavy (non-hydrogen) atoms. The molecule has 1 amide bonds. The number of carbonyl (C=O) groups is 1. The van der Waals surface area contributed by atoms with Crippen LogP contribution in [0.15, 0.2) is 66.3 Å². The molecule has 9 heteroatoms. The number of amides is 1. The molecule has 0 bridgehead atoms. The average molecular weight is 426 g/mol. The van der Waals surface area contributed by atoms with Crippen molar-refractivity contribution in [1.29, 1.82) is 0 Å². The van der Waals surface area contributed by atoms with Gasteiger partial charge in [-0.2, -0.15) is 0 Å². The Morgan fingerprint density at radius 3 is 2.53 bits per heavy atom. The fourth-order valence-corrected chi connectivity index (χ4v) is 3.32. The predicted octanol–water partition coefficient (Wildman–Crippen LogP) is 4.50. The number of nitrogens with one attached hydrogen (secondary N) is 1. The van der Waals surface area contributed by atoms with E-state index >= 15 is 0 Å². The van der Waals surface area contributed by atoms with Gasteiger partial charge < -0.3 is 4.74 Å². The van der Waals surface area contributed by atoms with Gasteiger partial charge in [-0.25, -0.2) is 13.8 Å². The van der Waals surface area contributed by atoms with Gasteiger partial charge >= 0.3 is 0 Å². The average Bonchev–Trinajstić information content (AvgIpc) is 3.36. The Bertz CT molecular complexity index is 1160. The standard InChI is InChI=1S/C21H16F2N4O2S/c22-16-5-1-3-14(9-16)11-27-12-18(19(28)25-21-24-7-8-30-21)20(26-27)29-13-15-4-2-6-17(23)10-15/h1-10,12H,11,13H2,(H,24,25,28). The van der Waals surface area contributed by atoms with Crippen LogP contribution in [0.5, 0.6) is 5.88 Å². The number of rotatable bonds is 7. The summed E-state index contributed by atoms with van der Waals surface area (Å²) in [4.78, 5) is 16.8. The monoisotopic (exact) mass is 426 g/mol. The number of ether oxygens (including phenoxy) is 1. The van der Waals surface area contributed by atoms with Crippen LogP contribution in [0, 0.1) is 11.6 Å². The normalized spacial score (nSPS) is 10.7. The number of anilines is 1. The summed E-state index contributed by atoms with van der Waals surface area (Å²) < 4.78 is 34.1. The molecule has 0 aliphatic carbocycles. The maximum Gasteiger partial charge on any atom is 0.264 e. The molecule has 152 valence electrons. The Morgan fingerprint density at radius 2 is 1.83 bits per heavy atom. The second-order valence-corrected chi connectivity index (χ2v) is 7.28. The SMILES string of the molecule is O=C(Nc1nccs1)c1cn(Cc2cccc(F)c2)nc1OCc1cccc(F)c1. The van der Waals surface area contributed by atoms with E-state index in [9.17, 15) is 13.6 Å². The van der Waals surface area contributed by atoms with Gasteiger partial charge in [0.25, 0.3) is 5.91 Å². The highest BCUT2D eigenvalue weighted by molar-refractivity contribution is 7.13. The van der Waals surface area contributed by atoms with Crippen molar-refractivity contribution in [3.8, 4) is 5.88 Å². The third-order valence-electron chi connectivity index (χ3n) is 4.12. The summed E-state index contributed by atoms with van der Waals surface area (Å²) in [5.41, 5.74) is 1.47. The van der Waals surface area contributed by atoms with E-state index in [0.717, 1.165) is 0 Å². The van der Waals surface area contributed by atoms with E-state index < -0.39 is 5.91 Å². The van der Waals surface area contributed by atoms with Crippen LogP contribution in [0.1, 0.15) is 21.5 Å². The zero-order valence-electron chi connectivity index (χ0n) is 15.6. The minimum absolute atomic E-state index is 0.0340. The van der Waals surface area contributed by atoms with Gasteiger partial charge in [0.2, 0.25) is 5.88 Å². The highest BCUT2D eigenvalue weighted by Crippen LogP contribution is 2.21. The maximum absolute atomic E-state index is 13.5. The van der Waals surface area contributed by atoms with E-state index in [1.807, 2.05) is 0 Å². The zero-order chi connectivity index (χ0) is 20.9. The van der Waals surface area contributed by atoms with Crippen LogP contribution in [0.25, 0.3) is 0 Å². The van der Waals surface area contributed by atoms with Crippen molar-refractivity contribution in [2.75, 3.05) is 5.32 Å². The number of benzene rings is 2. The Kier molecular flexibility index (Phi) is 5.80. The Morgan fingerprint density at radius 1 is 1.10 bits per heavy atom. The molecule has 0 saturated heterocycles. The maximum atomic E-state index is 13.5. The van der Waals surface area contributed by atoms with E-state index in [1.165, 1.54) is 46.5 Å². The first kappa shape index (κ1) is 19.7. The van der Waals surface area contributed by atoms with Crippen molar-refractivity contribution in [3.05, 3.63) is 94.6 Å². The lowest BCUT2D eigenvalue weighted by Gasteiger charge is -2.06. The van der Waals surface area contributed by atoms with Gasteiger partial charge in [0.05, 0.1) is 6.54 Å². The molecule has 2 aromatic heterocycles. The largest absolute Gasteiger partial charge is 0.471 e. The smallest absolute Gasteiger partial charge is 0.264 e. The van der Waals surface area contributed by atoms with Gasteiger partial charge in [0, 0.05) is 17.8 Å². The first-order valence-electron chi connectivity index (χ1n) is 8.97. The van der Waals surface area contributed by atoms with Crippen molar-refractivity contribution < 1.29 is 18.3 Å². The number of thiazole rings is 1. The molecule has 0 saturated carbocycles. The molecular weight excluding hydrogens is 410 g/mol. The third-order valence-corrected chi connectivity index (χ3v) is 4.81. The molecule has 1 N–H and O–H groups in total. The van der Waals surface area contributed by atoms with Gasteiger partial charge in [0.1, 0.15) is 23.8 Å². The molecule has 0 unspecified atom stereocenters. The summed E-state index contributed by atoms with van der Waals surface area (Å²) in [5, 5.41) is 9.19. The molecule has 0 aliphatic rings. The van der Waals surface area contributed by atoms with E-state index in [2.05, 4.69) is 15.4 Å². The molecule has 6 nitrogen and oxygen atoms in total. The number of hydrogen-bond donors (Lipinski definition) is 1. The molecule has 0 fully saturated rings. The quantitative estimate of drug-likeness (QED) is 0.473. The van der Waals surface area contributed by atoms with Gasteiger partial charge in [-0.05, 0) is 35.4 Å². The lowest BCUT2D eigenvalue weighted by molar-refractivity contribution is 0.102. The number of halogens is 2. The molecule has 2 aromatic carbocycles. The second-order valence-electron chi connectivity index (χ2n) is 6.39. The van der Waals surface area contributed by atoms with Crippen LogP contribution in [-0.2, 0) is 13.2 Å². The van der Waals surface area contributed by atoms with Crippen LogP contribution < -0.4 is 10.1 Å². The van der Waals surface area contributed by atoms with Crippen molar-refractivity contribution in [2.24, 2.45) is 0 Å². The predicted molar refractivity (Wildman–Crippen MR) is 109 cm³/mol. The lowest BCUT2D eigenvalue weighted by atomic mass is 10.2. The zero-order valence-corrected chi connectivity index (χ0v) is 16.4. The Labute approximate surface area is 174 Å². The van der Waals surface area contributed by atoms with E-state index in [-0.39, 0.29) is 36.2 Å². The molecular formula is C21H16F2N4O2S. The van der Waals surface area contributed by atoms with Gasteiger partial charge in [-0.3, -0.25) is 14.8 Å². The topological polar surface area (TPSA) is 69.0 Å². The van der Waals surface area contributed by atoms with Crippen LogP contribution in [-0.4, -0.2) is 20.7 Å². The van der Waals surface area contributed by atoms with Crippen molar-refractivity contribution in [1.82, 2.24) is 14.8 Å². The molecule has 2 heterocycles. The number of hydrogen-bond acceptors (Lipinski definition) is 5. The Balaban J connectivity index is 1.58. The summed E-state index contributed by atoms with van der Waals surface area (Å²) in [6.07, 6.45) is 3.10. The van der Waals surface area contributed by atoms with Gasteiger partial charge in [0.15, 0.2) is 5.13 Å². The van der Waals surface area contributed by atoms with Crippen molar-refractivity contribution in [2.45, 2.75) is 13.2 Å². The van der Waals surface area contributed by atoms with E-state index in [1.54, 1.807) is 35.8 Å². The molecule has 4 aromatic rings. The fraction of sp³-hybridized carbons (Fsp3) is 0.0952. The van der Waals surface area contributed by atoms with Gasteiger partial charge in [-0.1, -0.05) is 24.3 Å². The first-order chi connectivity index (χ1) is 14.6. The van der Waals surface area contributed by atoms with Crippen molar-refractivity contribution >= 4 is 22.4 Å². The fourth-order valence-electron chi connectivity index (χ4n) is 2.80. The summed E-state index contributed by atoms with van der Waals surface area (Å²) in [6, 6.07) is 12.1. The summed E-state index contributed by atoms with van der Waals surface area (Å²) in [6.45, 7) is 0.283. The number of nitrogens with zero attached hydrogens (tertiary/aromatic N) is 3. The molecule has 0 radical (unpaired) electrons. The highest BCUT2D eigenvalue weighted by atomic mass is 32.1. The van der Waals surface area contributed by atoms with Crippen LogP contribution in [0.2, 0.25) is 0 Å². The summed E-state index contributed by atoms with van der Waals surface area (Å²) >= 11 is 1.28. The molecule has 4 rings (SSSR count). The van der Waals surface area contributed by atoms with Crippen LogP contribution in [0.4, 0.5) is 13.9 Å². The van der Waals surface area contributed by atoms with Crippen LogP contribution >= 0.6 is 11.3 Å². The molecule has 0 spiro atoms. The number of carbonyl (C=O) groups excluding carboxylic acids is 1. The molecule has 0 atom stereocenters. The minimum Gasteiger partial charge on any atom is -0.471 e. The van der Waals surface area contributed by atoms with Crippen molar-refractivity contribution in [3.63, 3.8) is 0 Å². The van der Waals surface area contributed by atoms with E-state index in [4.69, 9.17) is 4.74 Å². The molecule has 0 aliphatic heterocycles. The number of aromatic nitrogens is 3.